The van der Waals surface area contributed by atoms with Gasteiger partial charge in [0.25, 0.3) is 5.92 Å². The second-order valence-electron chi connectivity index (χ2n) is 9.95. The van der Waals surface area contributed by atoms with Crippen LogP contribution >= 0.6 is 11.6 Å². The third kappa shape index (κ3) is 3.30. The molecule has 36 heavy (non-hydrogen) atoms. The molecule has 3 aliphatic carbocycles. The minimum atomic E-state index is -3.54. The number of carbonyl (C=O) groups excluding carboxylic acids is 1. The predicted octanol–water partition coefficient (Wildman–Crippen LogP) is 4.67. The van der Waals surface area contributed by atoms with E-state index in [0.29, 0.717) is 48.0 Å². The largest absolute Gasteiger partial charge is 0.473 e. The number of alkyl halides is 2. The molecule has 3 saturated carbocycles. The minimum absolute atomic E-state index is 0.0344. The summed E-state index contributed by atoms with van der Waals surface area (Å²) < 4.78 is 64.5. The zero-order valence-electron chi connectivity index (χ0n) is 18.6. The highest BCUT2D eigenvalue weighted by atomic mass is 35.5. The van der Waals surface area contributed by atoms with Crippen LogP contribution in [0, 0.1) is 0 Å². The molecule has 0 unspecified atom stereocenters. The van der Waals surface area contributed by atoms with E-state index in [0.717, 1.165) is 5.56 Å². The van der Waals surface area contributed by atoms with E-state index in [2.05, 4.69) is 14.9 Å². The molecule has 2 aromatic heterocycles. The first kappa shape index (κ1) is 22.2. The number of hydrogen-bond donors (Lipinski definition) is 1. The second-order valence-corrected chi connectivity index (χ2v) is 12.3. The number of halogens is 3. The fourth-order valence-electron chi connectivity index (χ4n) is 4.99. The highest BCUT2D eigenvalue weighted by molar-refractivity contribution is 7.93. The van der Waals surface area contributed by atoms with Gasteiger partial charge in [-0.3, -0.25) is 14.4 Å². The maximum absolute atomic E-state index is 13.5. The van der Waals surface area contributed by atoms with Gasteiger partial charge in [0.05, 0.1) is 33.6 Å². The number of benzene rings is 1. The van der Waals surface area contributed by atoms with Crippen LogP contribution in [0.2, 0.25) is 5.02 Å². The van der Waals surface area contributed by atoms with E-state index in [1.165, 1.54) is 17.2 Å². The van der Waals surface area contributed by atoms with E-state index in [9.17, 15) is 22.0 Å². The van der Waals surface area contributed by atoms with E-state index in [-0.39, 0.29) is 35.5 Å². The van der Waals surface area contributed by atoms with Crippen molar-refractivity contribution in [1.29, 1.82) is 0 Å². The molecule has 1 spiro atoms. The van der Waals surface area contributed by atoms with Crippen molar-refractivity contribution in [3.05, 3.63) is 35.0 Å². The zero-order valence-corrected chi connectivity index (χ0v) is 20.2. The number of ether oxygens (including phenoxy) is 1. The van der Waals surface area contributed by atoms with Crippen LogP contribution < -0.4 is 14.4 Å². The number of nitrogens with zero attached hydrogens (tertiary/aromatic N) is 3. The lowest BCUT2D eigenvalue weighted by Crippen LogP contribution is -2.43. The average Bonchev–Trinajstić information content (AvgIpc) is 3.71. The summed E-state index contributed by atoms with van der Waals surface area (Å²) in [4.78, 5) is 19.2. The quantitative estimate of drug-likeness (QED) is 0.487. The fraction of sp³-hybridized carbons (Fsp3) is 0.435. The standard InChI is InChI=1S/C23H19ClF2N4O5S/c24-16-5-11(10-27-20(16)34-12-8-23(25,26)9-12)30-17-7-18-14(6-15(17)22(3-4-22)21(30)31)19(28-35-18)29-36(32,33)13-1-2-13/h5-7,10,12-13H,1-4,8-9H2,(H,28,29). The smallest absolute Gasteiger partial charge is 0.255 e. The Morgan fingerprint density at radius 1 is 1.19 bits per heavy atom. The molecule has 3 aromatic rings. The topological polar surface area (TPSA) is 115 Å². The summed E-state index contributed by atoms with van der Waals surface area (Å²) in [6.07, 6.45) is 2.49. The summed E-state index contributed by atoms with van der Waals surface area (Å²) in [6.45, 7) is 0. The molecular formula is C23H19ClF2N4O5S. The number of amides is 1. The average molecular weight is 537 g/mol. The van der Waals surface area contributed by atoms with Crippen molar-refractivity contribution in [3.8, 4) is 5.88 Å². The number of nitrogens with one attached hydrogen (secondary N) is 1. The lowest BCUT2D eigenvalue weighted by Gasteiger charge is -2.34. The first-order valence-electron chi connectivity index (χ1n) is 11.6. The van der Waals surface area contributed by atoms with Gasteiger partial charge in [0.1, 0.15) is 11.1 Å². The van der Waals surface area contributed by atoms with Gasteiger partial charge in [-0.1, -0.05) is 16.8 Å². The maximum atomic E-state index is 13.5. The van der Waals surface area contributed by atoms with E-state index in [1.807, 2.05) is 0 Å². The van der Waals surface area contributed by atoms with Crippen molar-refractivity contribution in [1.82, 2.24) is 10.1 Å². The Bertz CT molecular complexity index is 1560. The van der Waals surface area contributed by atoms with E-state index in [1.54, 1.807) is 12.1 Å². The zero-order chi connectivity index (χ0) is 25.0. The molecule has 0 atom stereocenters. The molecule has 1 aliphatic heterocycles. The van der Waals surface area contributed by atoms with E-state index in [4.69, 9.17) is 20.9 Å². The molecule has 4 aliphatic rings. The first-order chi connectivity index (χ1) is 17.1. The third-order valence-electron chi connectivity index (χ3n) is 7.29. The van der Waals surface area contributed by atoms with Gasteiger partial charge in [-0.2, -0.15) is 0 Å². The summed E-state index contributed by atoms with van der Waals surface area (Å²) in [5.74, 6) is -2.74. The van der Waals surface area contributed by atoms with Gasteiger partial charge >= 0.3 is 0 Å². The molecule has 3 fully saturated rings. The number of rotatable bonds is 6. The third-order valence-corrected chi connectivity index (χ3v) is 9.39. The Morgan fingerprint density at radius 3 is 2.58 bits per heavy atom. The van der Waals surface area contributed by atoms with Crippen LogP contribution in [-0.2, 0) is 20.2 Å². The van der Waals surface area contributed by atoms with Crippen LogP contribution in [-0.4, -0.2) is 41.7 Å². The number of sulfonamides is 1. The number of fused-ring (bicyclic) bond motifs is 3. The minimum Gasteiger partial charge on any atom is -0.473 e. The fourth-order valence-corrected chi connectivity index (χ4v) is 6.53. The highest BCUT2D eigenvalue weighted by Gasteiger charge is 2.60. The van der Waals surface area contributed by atoms with Crippen molar-refractivity contribution in [2.75, 3.05) is 9.62 Å². The number of carbonyl (C=O) groups is 1. The van der Waals surface area contributed by atoms with Gasteiger partial charge in [-0.25, -0.2) is 22.2 Å². The van der Waals surface area contributed by atoms with Gasteiger partial charge in [-0.05, 0) is 43.4 Å². The van der Waals surface area contributed by atoms with Crippen molar-refractivity contribution in [2.45, 2.75) is 61.2 Å². The SMILES string of the molecule is O=C1N(c2cnc(OC3CC(F)(F)C3)c(Cl)c2)c2cc3onc(NS(=O)(=O)C4CC4)c3cc2C12CC2. The number of anilines is 3. The monoisotopic (exact) mass is 536 g/mol. The molecule has 1 amide bonds. The second kappa shape index (κ2) is 7.06. The highest BCUT2D eigenvalue weighted by Crippen LogP contribution is 2.60. The first-order valence-corrected chi connectivity index (χ1v) is 13.5. The van der Waals surface area contributed by atoms with E-state index < -0.39 is 32.7 Å². The van der Waals surface area contributed by atoms with Crippen LogP contribution in [0.15, 0.2) is 28.9 Å². The lowest BCUT2D eigenvalue weighted by molar-refractivity contribution is -0.135. The Labute approximate surface area is 208 Å². The van der Waals surface area contributed by atoms with Crippen LogP contribution in [0.1, 0.15) is 44.1 Å². The summed E-state index contributed by atoms with van der Waals surface area (Å²) in [5.41, 5.74) is 1.33. The maximum Gasteiger partial charge on any atom is 0.255 e. The molecule has 9 nitrogen and oxygen atoms in total. The van der Waals surface area contributed by atoms with Crippen LogP contribution in [0.3, 0.4) is 0 Å². The van der Waals surface area contributed by atoms with Crippen molar-refractivity contribution < 1.29 is 31.3 Å². The number of pyridine rings is 1. The Kier molecular flexibility index (Phi) is 4.36. The Balaban J connectivity index is 1.24. The van der Waals surface area contributed by atoms with Crippen LogP contribution in [0.4, 0.5) is 26.0 Å². The molecule has 188 valence electrons. The molecule has 3 heterocycles. The molecule has 0 saturated heterocycles. The van der Waals surface area contributed by atoms with Crippen molar-refractivity contribution in [2.24, 2.45) is 0 Å². The molecule has 0 radical (unpaired) electrons. The number of aromatic nitrogens is 2. The summed E-state index contributed by atoms with van der Waals surface area (Å²) >= 11 is 6.35. The normalized spacial score (nSPS) is 22.1. The van der Waals surface area contributed by atoms with Gasteiger partial charge in [0.2, 0.25) is 21.8 Å². The molecule has 1 aromatic carbocycles. The van der Waals surface area contributed by atoms with Crippen molar-refractivity contribution in [3.63, 3.8) is 0 Å². The Morgan fingerprint density at radius 2 is 1.94 bits per heavy atom. The van der Waals surface area contributed by atoms with Crippen molar-refractivity contribution >= 4 is 55.7 Å². The summed E-state index contributed by atoms with van der Waals surface area (Å²) in [5, 5.41) is 4.09. The Hall–Kier alpha value is -2.99. The molecule has 1 N–H and O–H groups in total. The van der Waals surface area contributed by atoms with Crippen LogP contribution in [0.5, 0.6) is 5.88 Å². The van der Waals surface area contributed by atoms with Gasteiger partial charge in [0.15, 0.2) is 11.4 Å². The predicted molar refractivity (Wildman–Crippen MR) is 125 cm³/mol. The number of hydrogen-bond acceptors (Lipinski definition) is 7. The molecule has 7 rings (SSSR count). The lowest BCUT2D eigenvalue weighted by atomic mass is 9.91. The van der Waals surface area contributed by atoms with Gasteiger partial charge < -0.3 is 9.26 Å². The molecular weight excluding hydrogens is 518 g/mol. The molecule has 0 bridgehead atoms. The van der Waals surface area contributed by atoms with Crippen LogP contribution in [0.25, 0.3) is 11.0 Å². The summed E-state index contributed by atoms with van der Waals surface area (Å²) in [7, 11) is -3.54. The van der Waals surface area contributed by atoms with E-state index >= 15 is 0 Å². The summed E-state index contributed by atoms with van der Waals surface area (Å²) in [6, 6.07) is 4.94. The van der Waals surface area contributed by atoms with Gasteiger partial charge in [0, 0.05) is 18.9 Å². The van der Waals surface area contributed by atoms with Gasteiger partial charge in [-0.15, -0.1) is 0 Å². The molecule has 13 heteroatoms.